The number of pyridine rings is 1. The number of carbonyl (C=O) groups is 1. The van der Waals surface area contributed by atoms with Gasteiger partial charge >= 0.3 is 6.01 Å². The summed E-state index contributed by atoms with van der Waals surface area (Å²) in [6, 6.07) is 9.53. The smallest absolute Gasteiger partial charge is 0.319 e. The van der Waals surface area contributed by atoms with Crippen molar-refractivity contribution in [2.24, 2.45) is 0 Å². The van der Waals surface area contributed by atoms with Gasteiger partial charge in [0.1, 0.15) is 29.4 Å². The van der Waals surface area contributed by atoms with E-state index in [-0.39, 0.29) is 52.1 Å². The average Bonchev–Trinajstić information content (AvgIpc) is 3.75. The molecule has 11 nitrogen and oxygen atoms in total. The molecule has 7 heterocycles. The van der Waals surface area contributed by atoms with Crippen LogP contribution in [0.15, 0.2) is 36.5 Å². The fraction of sp³-hybridized carbons (Fsp3) is 0.526. The van der Waals surface area contributed by atoms with Gasteiger partial charge in [-0.15, -0.1) is 0 Å². The number of phenolic OH excluding ortho intramolecular Hbond substituents is 1. The summed E-state index contributed by atoms with van der Waals surface area (Å²) in [5, 5.41) is 16.7. The number of aromatic nitrogens is 3. The van der Waals surface area contributed by atoms with Crippen LogP contribution >= 0.6 is 0 Å². The SMILES string of the molecule is CCc1cccc2cc(O)cc(-c3ncc4c5nc(nc4c3F)OC[C@]34CCCN3C[C@@H](C4)OCCC(=O)N(C)C[C@@]34CC[C@@H](CN5C3)N4)c12. The normalized spacial score (nSPS) is 28.7. The zero-order valence-electron chi connectivity index (χ0n) is 28.8. The predicted molar refractivity (Wildman–Crippen MR) is 188 cm³/mol. The Labute approximate surface area is 290 Å². The van der Waals surface area contributed by atoms with Gasteiger partial charge in [-0.3, -0.25) is 14.7 Å². The first-order valence-electron chi connectivity index (χ1n) is 18.1. The number of carbonyl (C=O) groups excluding carboxylic acids is 1. The molecule has 5 aliphatic rings. The Balaban J connectivity index is 1.20. The summed E-state index contributed by atoms with van der Waals surface area (Å²) >= 11 is 0. The number of aromatic hydroxyl groups is 1. The number of ether oxygens (including phenoxy) is 2. The lowest BCUT2D eigenvalue weighted by Gasteiger charge is -2.44. The molecule has 5 aliphatic heterocycles. The number of amides is 1. The van der Waals surface area contributed by atoms with Gasteiger partial charge in [0.25, 0.3) is 0 Å². The Morgan fingerprint density at radius 2 is 2.06 bits per heavy atom. The summed E-state index contributed by atoms with van der Waals surface area (Å²) in [5.74, 6) is 0.125. The number of piperazine rings is 1. The van der Waals surface area contributed by atoms with Crippen molar-refractivity contribution >= 4 is 33.4 Å². The zero-order chi connectivity index (χ0) is 34.2. The van der Waals surface area contributed by atoms with Crippen molar-refractivity contribution in [3.63, 3.8) is 0 Å². The summed E-state index contributed by atoms with van der Waals surface area (Å²) in [4.78, 5) is 34.3. The largest absolute Gasteiger partial charge is 0.508 e. The molecule has 4 aromatic rings. The highest BCUT2D eigenvalue weighted by atomic mass is 19.1. The fourth-order valence-corrected chi connectivity index (χ4v) is 9.63. The van der Waals surface area contributed by atoms with Gasteiger partial charge in [-0.2, -0.15) is 9.97 Å². The number of fused-ring (bicyclic) bond motifs is 9. The number of hydrogen-bond acceptors (Lipinski definition) is 10. The minimum absolute atomic E-state index is 0.0122. The average molecular weight is 682 g/mol. The van der Waals surface area contributed by atoms with Crippen LogP contribution in [0.25, 0.3) is 32.9 Å². The van der Waals surface area contributed by atoms with Crippen molar-refractivity contribution in [2.45, 2.75) is 75.1 Å². The minimum atomic E-state index is -0.576. The molecule has 0 aliphatic carbocycles. The number of nitrogens with zero attached hydrogens (tertiary/aromatic N) is 6. The van der Waals surface area contributed by atoms with Gasteiger partial charge in [-0.1, -0.05) is 25.1 Å². The lowest BCUT2D eigenvalue weighted by Crippen LogP contribution is -2.64. The number of hydrogen-bond donors (Lipinski definition) is 2. The monoisotopic (exact) mass is 681 g/mol. The molecular weight excluding hydrogens is 637 g/mol. The Morgan fingerprint density at radius 1 is 1.16 bits per heavy atom. The zero-order valence-corrected chi connectivity index (χ0v) is 28.8. The lowest BCUT2D eigenvalue weighted by molar-refractivity contribution is -0.132. The van der Waals surface area contributed by atoms with E-state index in [1.807, 2.05) is 30.1 Å². The number of aryl methyl sites for hydroxylation is 1. The van der Waals surface area contributed by atoms with E-state index in [1.54, 1.807) is 18.3 Å². The second-order valence-electron chi connectivity index (χ2n) is 15.2. The number of rotatable bonds is 2. The molecule has 50 heavy (non-hydrogen) atoms. The molecule has 0 unspecified atom stereocenters. The van der Waals surface area contributed by atoms with E-state index < -0.39 is 5.82 Å². The standard InChI is InChI=1S/C38H44FN7O4/c1-3-23-6-4-7-24-14-26(47)15-28(31(23)24)33-32(39)34-29(17-40-33)35-42-36(41-34)50-22-38-10-5-12-46(38)19-27(16-38)49-13-9-30(48)44(2)20-37-11-8-25(43-37)18-45(35)21-37/h4,6-7,14-15,17,25,27,43,47H,3,5,8-13,16,18-22H2,1-2H3/t25-,27+,37-,38+/m0/s1. The summed E-state index contributed by atoms with van der Waals surface area (Å²) in [6.45, 7) is 6.39. The third kappa shape index (κ3) is 5.25. The van der Waals surface area contributed by atoms with E-state index in [2.05, 4.69) is 22.0 Å². The van der Waals surface area contributed by atoms with Crippen LogP contribution in [0.1, 0.15) is 51.0 Å². The van der Waals surface area contributed by atoms with Crippen LogP contribution in [0.2, 0.25) is 0 Å². The van der Waals surface area contributed by atoms with Crippen LogP contribution in [-0.2, 0) is 16.0 Å². The highest BCUT2D eigenvalue weighted by Gasteiger charge is 2.50. The summed E-state index contributed by atoms with van der Waals surface area (Å²) < 4.78 is 30.0. The molecule has 0 saturated carbocycles. The van der Waals surface area contributed by atoms with E-state index >= 15 is 4.39 Å². The molecule has 7 bridgehead atoms. The first kappa shape index (κ1) is 31.8. The molecule has 4 atom stereocenters. The van der Waals surface area contributed by atoms with Crippen LogP contribution < -0.4 is 15.0 Å². The Morgan fingerprint density at radius 3 is 2.94 bits per heavy atom. The van der Waals surface area contributed by atoms with E-state index in [0.717, 1.165) is 68.0 Å². The minimum Gasteiger partial charge on any atom is -0.508 e. The Kier molecular flexibility index (Phi) is 7.63. The number of likely N-dealkylation sites (N-methyl/N-ethyl adjacent to an activating group) is 1. The maximum Gasteiger partial charge on any atom is 0.319 e. The second kappa shape index (κ2) is 12.0. The highest BCUT2D eigenvalue weighted by molar-refractivity contribution is 6.01. The molecule has 4 fully saturated rings. The Bertz CT molecular complexity index is 2010. The van der Waals surface area contributed by atoms with Gasteiger partial charge in [0.15, 0.2) is 5.82 Å². The van der Waals surface area contributed by atoms with Crippen LogP contribution in [0.3, 0.4) is 0 Å². The number of nitrogens with one attached hydrogen (secondary N) is 1. The van der Waals surface area contributed by atoms with E-state index in [4.69, 9.17) is 24.4 Å². The number of phenols is 1. The van der Waals surface area contributed by atoms with Gasteiger partial charge in [0, 0.05) is 51.0 Å². The van der Waals surface area contributed by atoms with Crippen LogP contribution in [0.4, 0.5) is 10.2 Å². The fourth-order valence-electron chi connectivity index (χ4n) is 9.63. The third-order valence-corrected chi connectivity index (χ3v) is 11.9. The van der Waals surface area contributed by atoms with Gasteiger partial charge < -0.3 is 29.7 Å². The quantitative estimate of drug-likeness (QED) is 0.315. The van der Waals surface area contributed by atoms with Crippen LogP contribution in [0, 0.1) is 5.82 Å². The maximum atomic E-state index is 17.1. The van der Waals surface area contributed by atoms with Gasteiger partial charge in [-0.05, 0) is 73.5 Å². The van der Waals surface area contributed by atoms with Crippen molar-refractivity contribution in [1.29, 1.82) is 0 Å². The first-order valence-corrected chi connectivity index (χ1v) is 18.1. The summed E-state index contributed by atoms with van der Waals surface area (Å²) in [7, 11) is 1.88. The van der Waals surface area contributed by atoms with Crippen molar-refractivity contribution < 1.29 is 23.8 Å². The summed E-state index contributed by atoms with van der Waals surface area (Å²) in [6.07, 6.45) is 7.47. The molecule has 2 aromatic carbocycles. The van der Waals surface area contributed by atoms with Gasteiger partial charge in [-0.25, -0.2) is 4.39 Å². The molecule has 1 amide bonds. The van der Waals surface area contributed by atoms with Gasteiger partial charge in [0.05, 0.1) is 35.6 Å². The van der Waals surface area contributed by atoms with E-state index in [9.17, 15) is 9.90 Å². The predicted octanol–water partition coefficient (Wildman–Crippen LogP) is 4.43. The Hall–Kier alpha value is -4.13. The topological polar surface area (TPSA) is 116 Å². The molecule has 262 valence electrons. The molecule has 0 radical (unpaired) electrons. The molecule has 2 spiro atoms. The highest BCUT2D eigenvalue weighted by Crippen LogP contribution is 2.43. The molecule has 9 rings (SSSR count). The molecular formula is C38H44FN7O4. The maximum absolute atomic E-state index is 17.1. The van der Waals surface area contributed by atoms with E-state index in [0.29, 0.717) is 56.0 Å². The van der Waals surface area contributed by atoms with Crippen molar-refractivity contribution in [3.8, 4) is 23.0 Å². The van der Waals surface area contributed by atoms with Crippen molar-refractivity contribution in [2.75, 3.05) is 57.9 Å². The molecule has 4 saturated heterocycles. The molecule has 2 aromatic heterocycles. The molecule has 12 heteroatoms. The lowest BCUT2D eigenvalue weighted by atomic mass is 9.94. The van der Waals surface area contributed by atoms with Crippen LogP contribution in [0.5, 0.6) is 11.8 Å². The third-order valence-electron chi connectivity index (χ3n) is 11.9. The van der Waals surface area contributed by atoms with E-state index in [1.165, 1.54) is 0 Å². The van der Waals surface area contributed by atoms with Gasteiger partial charge in [0.2, 0.25) is 5.91 Å². The first-order chi connectivity index (χ1) is 24.2. The summed E-state index contributed by atoms with van der Waals surface area (Å²) in [5.41, 5.74) is 1.26. The number of benzene rings is 2. The second-order valence-corrected chi connectivity index (χ2v) is 15.2. The van der Waals surface area contributed by atoms with Crippen molar-refractivity contribution in [3.05, 3.63) is 47.9 Å². The van der Waals surface area contributed by atoms with Crippen LogP contribution in [-0.4, -0.2) is 112 Å². The molecule has 2 N–H and O–H groups in total. The number of anilines is 1. The van der Waals surface area contributed by atoms with Crippen molar-refractivity contribution in [1.82, 2.24) is 30.1 Å². The number of halogens is 1.